The van der Waals surface area contributed by atoms with Crippen LogP contribution in [-0.2, 0) is 27.8 Å². The number of rotatable bonds is 7. The second-order valence-electron chi connectivity index (χ2n) is 7.79. The summed E-state index contributed by atoms with van der Waals surface area (Å²) >= 11 is 0. The van der Waals surface area contributed by atoms with E-state index in [1.54, 1.807) is 6.07 Å². The van der Waals surface area contributed by atoms with Gasteiger partial charge in [0, 0.05) is 17.8 Å². The molecule has 0 atom stereocenters. The Morgan fingerprint density at radius 3 is 2.68 bits per heavy atom. The highest BCUT2D eigenvalue weighted by Crippen LogP contribution is 2.23. The number of hydrogen-bond donors (Lipinski definition) is 2. The van der Waals surface area contributed by atoms with Crippen LogP contribution in [0.2, 0.25) is 0 Å². The van der Waals surface area contributed by atoms with Crippen LogP contribution in [0.15, 0.2) is 56.6 Å². The highest BCUT2D eigenvalue weighted by atomic mass is 32.2. The Balaban J connectivity index is 1.54. The van der Waals surface area contributed by atoms with E-state index in [4.69, 9.17) is 4.42 Å². The molecule has 1 heterocycles. The summed E-state index contributed by atoms with van der Waals surface area (Å²) in [5, 5.41) is 2.78. The van der Waals surface area contributed by atoms with Crippen molar-refractivity contribution in [2.45, 2.75) is 56.5 Å². The fourth-order valence-electron chi connectivity index (χ4n) is 3.91. The molecule has 8 nitrogen and oxygen atoms in total. The Morgan fingerprint density at radius 2 is 1.94 bits per heavy atom. The first-order chi connectivity index (χ1) is 14.9. The standard InChI is InChI=1S/C22H25N3O5S/c1-2-15-6-5-9-17(12-15)23-21(26)14-25-19-11-10-18(13-20(19)30-22(25)27)31(28,29)24-16-7-3-4-8-16/h5-6,9-13,16,24H,2-4,7-8,14H2,1H3,(H,23,26). The zero-order chi connectivity index (χ0) is 22.0. The zero-order valence-electron chi connectivity index (χ0n) is 17.3. The van der Waals surface area contributed by atoms with Crippen molar-refractivity contribution in [3.05, 3.63) is 58.6 Å². The molecule has 1 aliphatic rings. The Hall–Kier alpha value is -2.91. The van der Waals surface area contributed by atoms with Gasteiger partial charge in [0.25, 0.3) is 0 Å². The molecule has 0 radical (unpaired) electrons. The lowest BCUT2D eigenvalue weighted by Crippen LogP contribution is -2.32. The second-order valence-corrected chi connectivity index (χ2v) is 9.50. The van der Waals surface area contributed by atoms with Crippen molar-refractivity contribution in [2.24, 2.45) is 0 Å². The number of oxazole rings is 1. The molecule has 1 fully saturated rings. The molecule has 1 aromatic heterocycles. The number of fused-ring (bicyclic) bond motifs is 1. The first-order valence-corrected chi connectivity index (χ1v) is 11.9. The topological polar surface area (TPSA) is 110 Å². The normalized spacial score (nSPS) is 14.9. The predicted octanol–water partition coefficient (Wildman–Crippen LogP) is 3.02. The lowest BCUT2D eigenvalue weighted by molar-refractivity contribution is -0.116. The Morgan fingerprint density at radius 1 is 1.16 bits per heavy atom. The second kappa shape index (κ2) is 8.68. The highest BCUT2D eigenvalue weighted by molar-refractivity contribution is 7.89. The number of aromatic nitrogens is 1. The van der Waals surface area contributed by atoms with Crippen LogP contribution in [0.5, 0.6) is 0 Å². The van der Waals surface area contributed by atoms with Crippen molar-refractivity contribution in [3.8, 4) is 0 Å². The van der Waals surface area contributed by atoms with Gasteiger partial charge in [0.15, 0.2) is 5.58 Å². The number of sulfonamides is 1. The van der Waals surface area contributed by atoms with E-state index in [1.807, 2.05) is 25.1 Å². The van der Waals surface area contributed by atoms with E-state index in [9.17, 15) is 18.0 Å². The van der Waals surface area contributed by atoms with Gasteiger partial charge in [-0.1, -0.05) is 31.9 Å². The third-order valence-electron chi connectivity index (χ3n) is 5.55. The maximum absolute atomic E-state index is 12.7. The molecule has 0 saturated heterocycles. The van der Waals surface area contributed by atoms with Crippen LogP contribution in [0.1, 0.15) is 38.2 Å². The van der Waals surface area contributed by atoms with E-state index in [0.717, 1.165) is 37.7 Å². The van der Waals surface area contributed by atoms with Crippen molar-refractivity contribution in [3.63, 3.8) is 0 Å². The molecule has 1 aliphatic carbocycles. The number of hydrogen-bond acceptors (Lipinski definition) is 5. The van der Waals surface area contributed by atoms with E-state index >= 15 is 0 Å². The first-order valence-electron chi connectivity index (χ1n) is 10.4. The van der Waals surface area contributed by atoms with Crippen LogP contribution in [-0.4, -0.2) is 24.9 Å². The van der Waals surface area contributed by atoms with Crippen molar-refractivity contribution in [1.29, 1.82) is 0 Å². The molecular formula is C22H25N3O5S. The minimum atomic E-state index is -3.71. The Labute approximate surface area is 180 Å². The summed E-state index contributed by atoms with van der Waals surface area (Å²) in [4.78, 5) is 24.8. The number of anilines is 1. The summed E-state index contributed by atoms with van der Waals surface area (Å²) in [6.45, 7) is 1.78. The van der Waals surface area contributed by atoms with Gasteiger partial charge in [-0.3, -0.25) is 9.36 Å². The maximum atomic E-state index is 12.7. The molecule has 1 amide bonds. The van der Waals surface area contributed by atoms with Gasteiger partial charge >= 0.3 is 5.76 Å². The van der Waals surface area contributed by atoms with Crippen LogP contribution in [0, 0.1) is 0 Å². The lowest BCUT2D eigenvalue weighted by atomic mass is 10.1. The van der Waals surface area contributed by atoms with Gasteiger partial charge in [0.1, 0.15) is 6.54 Å². The van der Waals surface area contributed by atoms with Gasteiger partial charge in [0.05, 0.1) is 10.4 Å². The van der Waals surface area contributed by atoms with Crippen LogP contribution < -0.4 is 15.8 Å². The van der Waals surface area contributed by atoms with Gasteiger partial charge in [-0.05, 0) is 49.1 Å². The van der Waals surface area contributed by atoms with E-state index in [-0.39, 0.29) is 29.0 Å². The number of amides is 1. The first kappa shape index (κ1) is 21.3. The van der Waals surface area contributed by atoms with Gasteiger partial charge in [-0.2, -0.15) is 0 Å². The summed E-state index contributed by atoms with van der Waals surface area (Å²) in [6, 6.07) is 11.7. The van der Waals surface area contributed by atoms with E-state index in [1.165, 1.54) is 22.8 Å². The lowest BCUT2D eigenvalue weighted by Gasteiger charge is -2.12. The summed E-state index contributed by atoms with van der Waals surface area (Å²) in [6.07, 6.45) is 4.51. The van der Waals surface area contributed by atoms with Crippen molar-refractivity contribution in [1.82, 2.24) is 9.29 Å². The van der Waals surface area contributed by atoms with E-state index in [0.29, 0.717) is 11.2 Å². The van der Waals surface area contributed by atoms with Crippen molar-refractivity contribution < 1.29 is 17.6 Å². The molecule has 31 heavy (non-hydrogen) atoms. The maximum Gasteiger partial charge on any atom is 0.420 e. The third kappa shape index (κ3) is 4.72. The number of nitrogens with zero attached hydrogens (tertiary/aromatic N) is 1. The summed E-state index contributed by atoms with van der Waals surface area (Å²) < 4.78 is 34.4. The fraction of sp³-hybridized carbons (Fsp3) is 0.364. The van der Waals surface area contributed by atoms with Crippen molar-refractivity contribution in [2.75, 3.05) is 5.32 Å². The molecule has 0 spiro atoms. The monoisotopic (exact) mass is 443 g/mol. The molecule has 164 valence electrons. The number of carbonyl (C=O) groups is 1. The molecule has 0 bridgehead atoms. The largest absolute Gasteiger partial charge is 0.420 e. The molecule has 9 heteroatoms. The number of carbonyl (C=O) groups excluding carboxylic acids is 1. The van der Waals surface area contributed by atoms with Gasteiger partial charge in [0.2, 0.25) is 15.9 Å². The SMILES string of the molecule is CCc1cccc(NC(=O)Cn2c(=O)oc3cc(S(=O)(=O)NC4CCCC4)ccc32)c1. The zero-order valence-corrected chi connectivity index (χ0v) is 18.1. The smallest absolute Gasteiger partial charge is 0.408 e. The minimum absolute atomic E-state index is 0.0358. The van der Waals surface area contributed by atoms with Gasteiger partial charge < -0.3 is 9.73 Å². The number of nitrogens with one attached hydrogen (secondary N) is 2. The molecule has 0 unspecified atom stereocenters. The van der Waals surface area contributed by atoms with Crippen LogP contribution in [0.25, 0.3) is 11.1 Å². The molecule has 2 aromatic carbocycles. The third-order valence-corrected chi connectivity index (χ3v) is 7.07. The summed E-state index contributed by atoms with van der Waals surface area (Å²) in [7, 11) is -3.71. The molecule has 2 N–H and O–H groups in total. The summed E-state index contributed by atoms with van der Waals surface area (Å²) in [5.41, 5.74) is 2.22. The highest BCUT2D eigenvalue weighted by Gasteiger charge is 2.24. The fourth-order valence-corrected chi connectivity index (χ4v) is 5.23. The summed E-state index contributed by atoms with van der Waals surface area (Å²) in [5.74, 6) is -1.09. The van der Waals surface area contributed by atoms with E-state index < -0.39 is 15.8 Å². The molecular weight excluding hydrogens is 418 g/mol. The molecule has 3 aromatic rings. The van der Waals surface area contributed by atoms with Gasteiger partial charge in [-0.15, -0.1) is 0 Å². The van der Waals surface area contributed by atoms with Crippen molar-refractivity contribution >= 4 is 32.7 Å². The quantitative estimate of drug-likeness (QED) is 0.583. The average Bonchev–Trinajstić information content (AvgIpc) is 3.35. The average molecular weight is 444 g/mol. The Kier molecular flexibility index (Phi) is 5.97. The van der Waals surface area contributed by atoms with Gasteiger partial charge in [-0.25, -0.2) is 17.9 Å². The molecule has 4 rings (SSSR count). The minimum Gasteiger partial charge on any atom is -0.408 e. The van der Waals surface area contributed by atoms with Crippen LogP contribution in [0.4, 0.5) is 5.69 Å². The van der Waals surface area contributed by atoms with E-state index in [2.05, 4.69) is 10.0 Å². The Bertz CT molecular complexity index is 1270. The van der Waals surface area contributed by atoms with Crippen LogP contribution in [0.3, 0.4) is 0 Å². The van der Waals surface area contributed by atoms with Crippen LogP contribution >= 0.6 is 0 Å². The predicted molar refractivity (Wildman–Crippen MR) is 118 cm³/mol. The molecule has 1 saturated carbocycles. The number of benzene rings is 2. The molecule has 0 aliphatic heterocycles. The number of aryl methyl sites for hydroxylation is 1.